The molecule has 1 N–H and O–H groups in total. The van der Waals surface area contributed by atoms with Gasteiger partial charge in [0.25, 0.3) is 0 Å². The fraction of sp³-hybridized carbons (Fsp3) is 0.350. The van der Waals surface area contributed by atoms with E-state index in [0.29, 0.717) is 36.9 Å². The number of rotatable bonds is 6. The lowest BCUT2D eigenvalue weighted by Gasteiger charge is -2.36. The maximum atomic E-state index is 12.7. The van der Waals surface area contributed by atoms with Crippen molar-refractivity contribution in [1.29, 1.82) is 0 Å². The summed E-state index contributed by atoms with van der Waals surface area (Å²) in [5.74, 6) is -0.122. The molecule has 1 saturated heterocycles. The fourth-order valence-electron chi connectivity index (χ4n) is 3.19. The van der Waals surface area contributed by atoms with Gasteiger partial charge < -0.3 is 5.32 Å². The molecule has 8 heteroatoms. The standard InChI is InChI=1S/C20H24ClN3O3S/c1-16(20(25)22-19-9-7-18(21)8-10-19)23-11-13-24(14-12-23)28(26,27)15-17-5-3-2-4-6-17/h2-10,16H,11-15H2,1H3,(H,22,25)/t16-/m1/s1. The Morgan fingerprint density at radius 2 is 1.64 bits per heavy atom. The van der Waals surface area contributed by atoms with E-state index in [1.807, 2.05) is 42.2 Å². The highest BCUT2D eigenvalue weighted by molar-refractivity contribution is 7.88. The number of carbonyl (C=O) groups is 1. The van der Waals surface area contributed by atoms with E-state index < -0.39 is 10.0 Å². The molecule has 0 spiro atoms. The van der Waals surface area contributed by atoms with Crippen LogP contribution in [-0.4, -0.2) is 55.8 Å². The average molecular weight is 422 g/mol. The van der Waals surface area contributed by atoms with E-state index in [1.54, 1.807) is 24.3 Å². The number of hydrogen-bond acceptors (Lipinski definition) is 4. The van der Waals surface area contributed by atoms with E-state index in [2.05, 4.69) is 5.32 Å². The molecular formula is C20H24ClN3O3S. The number of benzene rings is 2. The van der Waals surface area contributed by atoms with Gasteiger partial charge in [0.05, 0.1) is 11.8 Å². The fourth-order valence-corrected chi connectivity index (χ4v) is 4.83. The monoisotopic (exact) mass is 421 g/mol. The molecule has 150 valence electrons. The Kier molecular flexibility index (Phi) is 6.72. The highest BCUT2D eigenvalue weighted by atomic mass is 35.5. The first-order valence-corrected chi connectivity index (χ1v) is 11.2. The van der Waals surface area contributed by atoms with Crippen LogP contribution in [0.5, 0.6) is 0 Å². The number of nitrogens with one attached hydrogen (secondary N) is 1. The lowest BCUT2D eigenvalue weighted by molar-refractivity contribution is -0.121. The first-order valence-electron chi connectivity index (χ1n) is 9.17. The normalized spacial score (nSPS) is 17.2. The Morgan fingerprint density at radius 1 is 1.04 bits per heavy atom. The smallest absolute Gasteiger partial charge is 0.241 e. The molecule has 0 aromatic heterocycles. The molecule has 1 amide bonds. The van der Waals surface area contributed by atoms with Crippen molar-refractivity contribution < 1.29 is 13.2 Å². The largest absolute Gasteiger partial charge is 0.325 e. The van der Waals surface area contributed by atoms with E-state index >= 15 is 0 Å². The molecule has 0 radical (unpaired) electrons. The number of amides is 1. The van der Waals surface area contributed by atoms with Crippen molar-refractivity contribution in [2.75, 3.05) is 31.5 Å². The predicted molar refractivity (Wildman–Crippen MR) is 112 cm³/mol. The van der Waals surface area contributed by atoms with Crippen LogP contribution in [0, 0.1) is 0 Å². The molecule has 28 heavy (non-hydrogen) atoms. The van der Waals surface area contributed by atoms with Gasteiger partial charge >= 0.3 is 0 Å². The SMILES string of the molecule is C[C@H](C(=O)Nc1ccc(Cl)cc1)N1CCN(S(=O)(=O)Cc2ccccc2)CC1. The number of carbonyl (C=O) groups excluding carboxylic acids is 1. The second kappa shape index (κ2) is 9.05. The Balaban J connectivity index is 1.53. The van der Waals surface area contributed by atoms with Crippen molar-refractivity contribution in [3.63, 3.8) is 0 Å². The zero-order valence-electron chi connectivity index (χ0n) is 15.7. The van der Waals surface area contributed by atoms with Crippen LogP contribution in [-0.2, 0) is 20.6 Å². The summed E-state index contributed by atoms with van der Waals surface area (Å²) in [6.45, 7) is 3.63. The molecule has 2 aromatic rings. The van der Waals surface area contributed by atoms with Gasteiger partial charge in [-0.2, -0.15) is 4.31 Å². The van der Waals surface area contributed by atoms with Gasteiger partial charge in [0.15, 0.2) is 0 Å². The number of piperazine rings is 1. The molecule has 1 atom stereocenters. The van der Waals surface area contributed by atoms with Crippen LogP contribution in [0.2, 0.25) is 5.02 Å². The van der Waals surface area contributed by atoms with Crippen LogP contribution in [0.15, 0.2) is 54.6 Å². The molecule has 6 nitrogen and oxygen atoms in total. The third-order valence-corrected chi connectivity index (χ3v) is 7.00. The Hall–Kier alpha value is -1.93. The number of sulfonamides is 1. The maximum Gasteiger partial charge on any atom is 0.241 e. The van der Waals surface area contributed by atoms with Crippen LogP contribution in [0.3, 0.4) is 0 Å². The Labute approximate surface area is 171 Å². The molecule has 2 aromatic carbocycles. The quantitative estimate of drug-likeness (QED) is 0.778. The average Bonchev–Trinajstić information content (AvgIpc) is 2.69. The first-order chi connectivity index (χ1) is 13.3. The maximum absolute atomic E-state index is 12.7. The Morgan fingerprint density at radius 3 is 2.25 bits per heavy atom. The second-order valence-corrected chi connectivity index (χ2v) is 9.25. The van der Waals surface area contributed by atoms with E-state index in [-0.39, 0.29) is 17.7 Å². The van der Waals surface area contributed by atoms with Crippen molar-refractivity contribution >= 4 is 33.2 Å². The van der Waals surface area contributed by atoms with Crippen LogP contribution in [0.4, 0.5) is 5.69 Å². The zero-order valence-corrected chi connectivity index (χ0v) is 17.3. The minimum atomic E-state index is -3.36. The molecule has 1 fully saturated rings. The topological polar surface area (TPSA) is 69.7 Å². The van der Waals surface area contributed by atoms with Crippen LogP contribution >= 0.6 is 11.6 Å². The summed E-state index contributed by atoms with van der Waals surface area (Å²) in [4.78, 5) is 14.5. The molecule has 3 rings (SSSR count). The zero-order chi connectivity index (χ0) is 20.1. The summed E-state index contributed by atoms with van der Waals surface area (Å²) in [7, 11) is -3.36. The van der Waals surface area contributed by atoms with Crippen molar-refractivity contribution in [1.82, 2.24) is 9.21 Å². The third-order valence-electron chi connectivity index (χ3n) is 4.90. The van der Waals surface area contributed by atoms with Crippen molar-refractivity contribution in [3.8, 4) is 0 Å². The van der Waals surface area contributed by atoms with Gasteiger partial charge in [-0.3, -0.25) is 9.69 Å². The summed E-state index contributed by atoms with van der Waals surface area (Å²) in [5, 5.41) is 3.48. The van der Waals surface area contributed by atoms with Crippen LogP contribution in [0.1, 0.15) is 12.5 Å². The van der Waals surface area contributed by atoms with Gasteiger partial charge in [-0.15, -0.1) is 0 Å². The molecule has 0 unspecified atom stereocenters. The molecule has 0 saturated carbocycles. The van der Waals surface area contributed by atoms with Gasteiger partial charge in [0, 0.05) is 36.9 Å². The van der Waals surface area contributed by atoms with Gasteiger partial charge in [-0.05, 0) is 36.8 Å². The van der Waals surface area contributed by atoms with Crippen molar-refractivity contribution in [2.24, 2.45) is 0 Å². The summed E-state index contributed by atoms with van der Waals surface area (Å²) in [6, 6.07) is 15.8. The van der Waals surface area contributed by atoms with Crippen LogP contribution < -0.4 is 5.32 Å². The van der Waals surface area contributed by atoms with E-state index in [1.165, 1.54) is 4.31 Å². The summed E-state index contributed by atoms with van der Waals surface area (Å²) < 4.78 is 26.8. The molecule has 1 aliphatic heterocycles. The minimum Gasteiger partial charge on any atom is -0.325 e. The number of nitrogens with zero attached hydrogens (tertiary/aromatic N) is 2. The number of halogens is 1. The Bertz CT molecular complexity index is 896. The van der Waals surface area contributed by atoms with E-state index in [4.69, 9.17) is 11.6 Å². The van der Waals surface area contributed by atoms with Gasteiger partial charge in [0.1, 0.15) is 0 Å². The molecule has 1 aliphatic rings. The molecule has 1 heterocycles. The van der Waals surface area contributed by atoms with Gasteiger partial charge in [-0.1, -0.05) is 41.9 Å². The van der Waals surface area contributed by atoms with E-state index in [9.17, 15) is 13.2 Å². The molecular weight excluding hydrogens is 398 g/mol. The lowest BCUT2D eigenvalue weighted by Crippen LogP contribution is -2.54. The summed E-state index contributed by atoms with van der Waals surface area (Å²) >= 11 is 5.86. The summed E-state index contributed by atoms with van der Waals surface area (Å²) in [6.07, 6.45) is 0. The lowest BCUT2D eigenvalue weighted by atomic mass is 10.2. The third kappa shape index (κ3) is 5.32. The highest BCUT2D eigenvalue weighted by Gasteiger charge is 2.30. The number of hydrogen-bond donors (Lipinski definition) is 1. The van der Waals surface area contributed by atoms with Gasteiger partial charge in [-0.25, -0.2) is 8.42 Å². The minimum absolute atomic E-state index is 0.000443. The molecule has 0 bridgehead atoms. The number of anilines is 1. The van der Waals surface area contributed by atoms with Gasteiger partial charge in [0.2, 0.25) is 15.9 Å². The van der Waals surface area contributed by atoms with Crippen molar-refractivity contribution in [3.05, 3.63) is 65.2 Å². The van der Waals surface area contributed by atoms with Crippen molar-refractivity contribution in [2.45, 2.75) is 18.7 Å². The van der Waals surface area contributed by atoms with E-state index in [0.717, 1.165) is 5.56 Å². The molecule has 0 aliphatic carbocycles. The first kappa shape index (κ1) is 20.8. The predicted octanol–water partition coefficient (Wildman–Crippen LogP) is 2.81. The summed E-state index contributed by atoms with van der Waals surface area (Å²) in [5.41, 5.74) is 1.46. The van der Waals surface area contributed by atoms with Crippen LogP contribution in [0.25, 0.3) is 0 Å². The second-order valence-electron chi connectivity index (χ2n) is 6.85. The highest BCUT2D eigenvalue weighted by Crippen LogP contribution is 2.17.